The van der Waals surface area contributed by atoms with Gasteiger partial charge in [0.25, 0.3) is 0 Å². The van der Waals surface area contributed by atoms with Crippen molar-refractivity contribution in [3.05, 3.63) is 12.2 Å². The molecule has 3 nitrogen and oxygen atoms in total. The quantitative estimate of drug-likeness (QED) is 0.158. The first kappa shape index (κ1) is 24.2. The molecule has 3 heteroatoms. The number of ether oxygens (including phenoxy) is 2. The van der Waals surface area contributed by atoms with Gasteiger partial charge in [-0.1, -0.05) is 70.4 Å². The van der Waals surface area contributed by atoms with Gasteiger partial charge >= 0.3 is 5.97 Å². The lowest BCUT2D eigenvalue weighted by Gasteiger charge is -2.12. The lowest BCUT2D eigenvalue weighted by molar-refractivity contribution is -0.143. The van der Waals surface area contributed by atoms with Gasteiger partial charge < -0.3 is 9.47 Å². The van der Waals surface area contributed by atoms with Crippen LogP contribution in [0.25, 0.3) is 0 Å². The zero-order chi connectivity index (χ0) is 18.6. The summed E-state index contributed by atoms with van der Waals surface area (Å²) < 4.78 is 10.8. The van der Waals surface area contributed by atoms with E-state index in [1.807, 2.05) is 6.92 Å². The van der Waals surface area contributed by atoms with Gasteiger partial charge in [0.05, 0.1) is 12.7 Å². The standard InChI is InChI=1S/C22H42O3/c1-4-7-8-9-10-11-12-15-18-21(24-5-2)19-16-13-14-17-20-22(23)25-6-3/h15,18,21H,4-14,16-17,19-20H2,1-3H3/b18-15-. The Hall–Kier alpha value is -0.830. The van der Waals surface area contributed by atoms with Gasteiger partial charge in [0, 0.05) is 13.0 Å². The molecule has 0 aliphatic rings. The molecule has 0 bridgehead atoms. The number of hydrogen-bond donors (Lipinski definition) is 0. The first-order valence-electron chi connectivity index (χ1n) is 10.7. The maximum absolute atomic E-state index is 11.3. The monoisotopic (exact) mass is 354 g/mol. The van der Waals surface area contributed by atoms with Crippen LogP contribution in [-0.2, 0) is 14.3 Å². The highest BCUT2D eigenvalue weighted by molar-refractivity contribution is 5.69. The number of carbonyl (C=O) groups excluding carboxylic acids is 1. The number of allylic oxidation sites excluding steroid dienone is 1. The molecule has 0 N–H and O–H groups in total. The molecule has 0 heterocycles. The molecular formula is C22H42O3. The van der Waals surface area contributed by atoms with Crippen LogP contribution in [0.4, 0.5) is 0 Å². The summed E-state index contributed by atoms with van der Waals surface area (Å²) in [5, 5.41) is 0. The molecular weight excluding hydrogens is 312 g/mol. The minimum absolute atomic E-state index is 0.0627. The maximum Gasteiger partial charge on any atom is 0.305 e. The van der Waals surface area contributed by atoms with Crippen LogP contribution >= 0.6 is 0 Å². The van der Waals surface area contributed by atoms with E-state index in [-0.39, 0.29) is 12.1 Å². The average Bonchev–Trinajstić information content (AvgIpc) is 2.60. The number of hydrogen-bond acceptors (Lipinski definition) is 3. The lowest BCUT2D eigenvalue weighted by Crippen LogP contribution is -2.09. The lowest BCUT2D eigenvalue weighted by atomic mass is 10.1. The van der Waals surface area contributed by atoms with Crippen LogP contribution < -0.4 is 0 Å². The van der Waals surface area contributed by atoms with E-state index in [0.29, 0.717) is 13.0 Å². The van der Waals surface area contributed by atoms with Crippen molar-refractivity contribution in [3.63, 3.8) is 0 Å². The van der Waals surface area contributed by atoms with Crippen molar-refractivity contribution in [2.24, 2.45) is 0 Å². The van der Waals surface area contributed by atoms with Crippen LogP contribution in [0.5, 0.6) is 0 Å². The molecule has 0 aromatic carbocycles. The van der Waals surface area contributed by atoms with Crippen molar-refractivity contribution >= 4 is 5.97 Å². The summed E-state index contributed by atoms with van der Waals surface area (Å²) in [7, 11) is 0. The fraction of sp³-hybridized carbons (Fsp3) is 0.864. The average molecular weight is 355 g/mol. The highest BCUT2D eigenvalue weighted by Gasteiger charge is 2.05. The predicted octanol–water partition coefficient (Wildman–Crippen LogP) is 6.60. The van der Waals surface area contributed by atoms with E-state index < -0.39 is 0 Å². The van der Waals surface area contributed by atoms with E-state index in [1.54, 1.807) is 0 Å². The van der Waals surface area contributed by atoms with Gasteiger partial charge in [0.1, 0.15) is 0 Å². The minimum atomic E-state index is -0.0627. The molecule has 0 fully saturated rings. The van der Waals surface area contributed by atoms with Gasteiger partial charge in [-0.15, -0.1) is 0 Å². The minimum Gasteiger partial charge on any atom is -0.466 e. The van der Waals surface area contributed by atoms with Gasteiger partial charge in [0.15, 0.2) is 0 Å². The number of rotatable bonds is 18. The van der Waals surface area contributed by atoms with Crippen molar-refractivity contribution in [2.45, 2.75) is 110 Å². The summed E-state index contributed by atoms with van der Waals surface area (Å²) in [6.45, 7) is 7.44. The smallest absolute Gasteiger partial charge is 0.305 e. The van der Waals surface area contributed by atoms with Crippen molar-refractivity contribution in [1.29, 1.82) is 0 Å². The summed E-state index contributed by atoms with van der Waals surface area (Å²) >= 11 is 0. The molecule has 0 saturated carbocycles. The third-order valence-electron chi connectivity index (χ3n) is 4.38. The normalized spacial score (nSPS) is 12.6. The van der Waals surface area contributed by atoms with Crippen molar-refractivity contribution < 1.29 is 14.3 Å². The zero-order valence-corrected chi connectivity index (χ0v) is 17.1. The highest BCUT2D eigenvalue weighted by atomic mass is 16.5. The van der Waals surface area contributed by atoms with Crippen LogP contribution in [0.2, 0.25) is 0 Å². The van der Waals surface area contributed by atoms with Crippen molar-refractivity contribution in [3.8, 4) is 0 Å². The fourth-order valence-corrected chi connectivity index (χ4v) is 2.94. The topological polar surface area (TPSA) is 35.5 Å². The fourth-order valence-electron chi connectivity index (χ4n) is 2.94. The number of unbranched alkanes of at least 4 members (excludes halogenated alkanes) is 9. The van der Waals surface area contributed by atoms with E-state index in [2.05, 4.69) is 26.0 Å². The Balaban J connectivity index is 3.65. The molecule has 0 aromatic rings. The first-order chi connectivity index (χ1) is 12.2. The molecule has 1 unspecified atom stereocenters. The molecule has 25 heavy (non-hydrogen) atoms. The number of esters is 1. The molecule has 0 amide bonds. The first-order valence-corrected chi connectivity index (χ1v) is 10.7. The molecule has 0 aliphatic carbocycles. The van der Waals surface area contributed by atoms with Gasteiger partial charge in [0.2, 0.25) is 0 Å². The molecule has 0 spiro atoms. The molecule has 0 aliphatic heterocycles. The molecule has 0 radical (unpaired) electrons. The number of carbonyl (C=O) groups is 1. The SMILES string of the molecule is CCCCCCCC/C=C\C(CCCCCCC(=O)OCC)OCC. The second-order valence-corrected chi connectivity index (χ2v) is 6.74. The second kappa shape index (κ2) is 19.5. The van der Waals surface area contributed by atoms with Crippen molar-refractivity contribution in [2.75, 3.05) is 13.2 Å². The maximum atomic E-state index is 11.3. The third-order valence-corrected chi connectivity index (χ3v) is 4.38. The Bertz CT molecular complexity index is 312. The summed E-state index contributed by atoms with van der Waals surface area (Å²) in [6, 6.07) is 0. The van der Waals surface area contributed by atoms with E-state index in [1.165, 1.54) is 44.9 Å². The Morgan fingerprint density at radius 3 is 2.24 bits per heavy atom. The van der Waals surface area contributed by atoms with Gasteiger partial charge in [-0.05, 0) is 39.5 Å². The molecule has 0 rings (SSSR count). The summed E-state index contributed by atoms with van der Waals surface area (Å²) in [5.41, 5.74) is 0. The zero-order valence-electron chi connectivity index (χ0n) is 17.1. The Morgan fingerprint density at radius 1 is 0.840 bits per heavy atom. The van der Waals surface area contributed by atoms with E-state index >= 15 is 0 Å². The Morgan fingerprint density at radius 2 is 1.52 bits per heavy atom. The summed E-state index contributed by atoms with van der Waals surface area (Å²) in [5.74, 6) is -0.0627. The Kier molecular flexibility index (Phi) is 18.8. The molecule has 0 aromatic heterocycles. The largest absolute Gasteiger partial charge is 0.466 e. The van der Waals surface area contributed by atoms with E-state index in [4.69, 9.17) is 9.47 Å². The van der Waals surface area contributed by atoms with Crippen LogP contribution in [0, 0.1) is 0 Å². The van der Waals surface area contributed by atoms with Crippen LogP contribution in [-0.4, -0.2) is 25.3 Å². The van der Waals surface area contributed by atoms with Crippen LogP contribution in [0.15, 0.2) is 12.2 Å². The molecule has 148 valence electrons. The predicted molar refractivity (Wildman–Crippen MR) is 107 cm³/mol. The summed E-state index contributed by atoms with van der Waals surface area (Å²) in [4.78, 5) is 11.3. The van der Waals surface area contributed by atoms with E-state index in [9.17, 15) is 4.79 Å². The van der Waals surface area contributed by atoms with Crippen LogP contribution in [0.3, 0.4) is 0 Å². The van der Waals surface area contributed by atoms with Gasteiger partial charge in [-0.25, -0.2) is 0 Å². The second-order valence-electron chi connectivity index (χ2n) is 6.74. The van der Waals surface area contributed by atoms with Gasteiger partial charge in [-0.2, -0.15) is 0 Å². The molecule has 1 atom stereocenters. The Labute approximate surface area is 156 Å². The van der Waals surface area contributed by atoms with E-state index in [0.717, 1.165) is 38.7 Å². The van der Waals surface area contributed by atoms with Gasteiger partial charge in [-0.3, -0.25) is 4.79 Å². The van der Waals surface area contributed by atoms with Crippen LogP contribution in [0.1, 0.15) is 104 Å². The summed E-state index contributed by atoms with van der Waals surface area (Å²) in [6.07, 6.45) is 20.1. The molecule has 0 saturated heterocycles. The third kappa shape index (κ3) is 17.8. The highest BCUT2D eigenvalue weighted by Crippen LogP contribution is 2.12. The van der Waals surface area contributed by atoms with Crippen molar-refractivity contribution in [1.82, 2.24) is 0 Å².